The van der Waals surface area contributed by atoms with E-state index in [1.54, 1.807) is 24.0 Å². The second-order valence-corrected chi connectivity index (χ2v) is 4.67. The summed E-state index contributed by atoms with van der Waals surface area (Å²) in [7, 11) is 0. The molecule has 5 heteroatoms. The van der Waals surface area contributed by atoms with Gasteiger partial charge >= 0.3 is 0 Å². The number of rotatable bonds is 2. The van der Waals surface area contributed by atoms with Crippen LogP contribution in [0.25, 0.3) is 0 Å². The summed E-state index contributed by atoms with van der Waals surface area (Å²) in [5.74, 6) is -0.351. The van der Waals surface area contributed by atoms with Crippen molar-refractivity contribution in [2.45, 2.75) is 13.5 Å². The van der Waals surface area contributed by atoms with Crippen LogP contribution in [0.15, 0.2) is 18.2 Å². The van der Waals surface area contributed by atoms with Gasteiger partial charge in [-0.05, 0) is 6.07 Å². The van der Waals surface area contributed by atoms with E-state index < -0.39 is 5.82 Å². The Hall–Kier alpha value is -1.93. The Kier molecular flexibility index (Phi) is 4.13. The Morgan fingerprint density at radius 1 is 1.37 bits per heavy atom. The molecule has 0 atom stereocenters. The Labute approximate surface area is 112 Å². The molecule has 1 aromatic rings. The van der Waals surface area contributed by atoms with Crippen molar-refractivity contribution in [3.8, 4) is 6.07 Å². The topological polar surface area (TPSA) is 47.3 Å². The van der Waals surface area contributed by atoms with Crippen LogP contribution in [-0.4, -0.2) is 41.9 Å². The monoisotopic (exact) mass is 261 g/mol. The van der Waals surface area contributed by atoms with Crippen LogP contribution in [0.3, 0.4) is 0 Å². The minimum absolute atomic E-state index is 0.0808. The highest BCUT2D eigenvalue weighted by molar-refractivity contribution is 5.73. The summed E-state index contributed by atoms with van der Waals surface area (Å²) in [6.07, 6.45) is 0. The van der Waals surface area contributed by atoms with Gasteiger partial charge in [0.25, 0.3) is 0 Å². The fourth-order valence-electron chi connectivity index (χ4n) is 2.25. The SMILES string of the molecule is CC(=O)N1CCN(Cc2cccc(C#N)c2F)CC1. The first-order chi connectivity index (χ1) is 9.11. The maximum atomic E-state index is 13.9. The predicted octanol–water partition coefficient (Wildman–Crippen LogP) is 1.36. The van der Waals surface area contributed by atoms with Crippen molar-refractivity contribution in [1.82, 2.24) is 9.80 Å². The molecule has 1 saturated heterocycles. The molecule has 0 spiro atoms. The lowest BCUT2D eigenvalue weighted by Gasteiger charge is -2.34. The molecule has 0 N–H and O–H groups in total. The maximum absolute atomic E-state index is 13.9. The molecule has 1 amide bonds. The minimum atomic E-state index is -0.431. The van der Waals surface area contributed by atoms with E-state index in [2.05, 4.69) is 4.90 Å². The van der Waals surface area contributed by atoms with Crippen LogP contribution in [0.5, 0.6) is 0 Å². The Morgan fingerprint density at radius 3 is 2.63 bits per heavy atom. The first kappa shape index (κ1) is 13.5. The highest BCUT2D eigenvalue weighted by atomic mass is 19.1. The number of carbonyl (C=O) groups is 1. The van der Waals surface area contributed by atoms with E-state index in [0.29, 0.717) is 25.2 Å². The van der Waals surface area contributed by atoms with Gasteiger partial charge in [0.15, 0.2) is 0 Å². The van der Waals surface area contributed by atoms with E-state index in [9.17, 15) is 9.18 Å². The van der Waals surface area contributed by atoms with Crippen LogP contribution in [-0.2, 0) is 11.3 Å². The van der Waals surface area contributed by atoms with Crippen molar-refractivity contribution in [3.63, 3.8) is 0 Å². The molecule has 0 aromatic heterocycles. The van der Waals surface area contributed by atoms with Gasteiger partial charge in [0.2, 0.25) is 5.91 Å². The second-order valence-electron chi connectivity index (χ2n) is 4.67. The molecule has 1 fully saturated rings. The molecule has 2 rings (SSSR count). The lowest BCUT2D eigenvalue weighted by atomic mass is 10.1. The van der Waals surface area contributed by atoms with Crippen LogP contribution >= 0.6 is 0 Å². The highest BCUT2D eigenvalue weighted by Crippen LogP contribution is 2.15. The zero-order valence-electron chi connectivity index (χ0n) is 10.9. The average Bonchev–Trinajstić information content (AvgIpc) is 2.42. The normalized spacial score (nSPS) is 16.2. The maximum Gasteiger partial charge on any atom is 0.219 e. The molecule has 0 saturated carbocycles. The molecule has 0 bridgehead atoms. The van der Waals surface area contributed by atoms with Gasteiger partial charge < -0.3 is 4.90 Å². The zero-order valence-corrected chi connectivity index (χ0v) is 10.9. The molecule has 0 aliphatic carbocycles. The Morgan fingerprint density at radius 2 is 2.05 bits per heavy atom. The molecule has 19 heavy (non-hydrogen) atoms. The highest BCUT2D eigenvalue weighted by Gasteiger charge is 2.19. The van der Waals surface area contributed by atoms with E-state index in [1.165, 1.54) is 6.07 Å². The molecule has 100 valence electrons. The summed E-state index contributed by atoms with van der Waals surface area (Å²) in [5.41, 5.74) is 0.621. The van der Waals surface area contributed by atoms with Crippen LogP contribution in [0.2, 0.25) is 0 Å². The van der Waals surface area contributed by atoms with E-state index >= 15 is 0 Å². The molecule has 1 heterocycles. The van der Waals surface area contributed by atoms with Gasteiger partial charge in [0.1, 0.15) is 11.9 Å². The number of nitriles is 1. The lowest BCUT2D eigenvalue weighted by molar-refractivity contribution is -0.130. The first-order valence-corrected chi connectivity index (χ1v) is 6.27. The third-order valence-electron chi connectivity index (χ3n) is 3.41. The molecule has 1 aliphatic rings. The van der Waals surface area contributed by atoms with Crippen LogP contribution in [0.1, 0.15) is 18.1 Å². The van der Waals surface area contributed by atoms with Crippen molar-refractivity contribution in [2.24, 2.45) is 0 Å². The standard InChI is InChI=1S/C14H16FN3O/c1-11(19)18-7-5-17(6-8-18)10-13-4-2-3-12(9-16)14(13)15/h2-4H,5-8,10H2,1H3. The van der Waals surface area contributed by atoms with Crippen molar-refractivity contribution in [2.75, 3.05) is 26.2 Å². The van der Waals surface area contributed by atoms with Crippen molar-refractivity contribution >= 4 is 5.91 Å². The Balaban J connectivity index is 2.00. The zero-order chi connectivity index (χ0) is 13.8. The van der Waals surface area contributed by atoms with Crippen LogP contribution < -0.4 is 0 Å². The number of nitrogens with zero attached hydrogens (tertiary/aromatic N) is 3. The van der Waals surface area contributed by atoms with Gasteiger partial charge in [-0.1, -0.05) is 12.1 Å². The number of benzene rings is 1. The number of piperazine rings is 1. The lowest BCUT2D eigenvalue weighted by Crippen LogP contribution is -2.47. The van der Waals surface area contributed by atoms with Gasteiger partial charge in [0, 0.05) is 45.2 Å². The van der Waals surface area contributed by atoms with Crippen LogP contribution in [0.4, 0.5) is 4.39 Å². The molecule has 1 aliphatic heterocycles. The molecule has 0 radical (unpaired) electrons. The molecule has 0 unspecified atom stereocenters. The fourth-order valence-corrected chi connectivity index (χ4v) is 2.25. The van der Waals surface area contributed by atoms with Crippen molar-refractivity contribution in [1.29, 1.82) is 5.26 Å². The second kappa shape index (κ2) is 5.81. The average molecular weight is 261 g/mol. The number of halogens is 1. The summed E-state index contributed by atoms with van der Waals surface area (Å²) in [5, 5.41) is 8.80. The number of amides is 1. The summed E-state index contributed by atoms with van der Waals surface area (Å²) in [6.45, 7) is 4.86. The summed E-state index contributed by atoms with van der Waals surface area (Å²) in [6, 6.07) is 6.73. The summed E-state index contributed by atoms with van der Waals surface area (Å²) < 4.78 is 13.9. The van der Waals surface area contributed by atoms with E-state index in [1.807, 2.05) is 6.07 Å². The summed E-state index contributed by atoms with van der Waals surface area (Å²) in [4.78, 5) is 15.1. The van der Waals surface area contributed by atoms with Gasteiger partial charge in [-0.3, -0.25) is 9.69 Å². The predicted molar refractivity (Wildman–Crippen MR) is 68.6 cm³/mol. The van der Waals surface area contributed by atoms with Crippen molar-refractivity contribution in [3.05, 3.63) is 35.1 Å². The molecular formula is C14H16FN3O. The Bertz CT molecular complexity index is 516. The van der Waals surface area contributed by atoms with Gasteiger partial charge in [0.05, 0.1) is 5.56 Å². The van der Waals surface area contributed by atoms with Crippen molar-refractivity contribution < 1.29 is 9.18 Å². The van der Waals surface area contributed by atoms with Gasteiger partial charge in [-0.25, -0.2) is 4.39 Å². The number of hydrogen-bond acceptors (Lipinski definition) is 3. The van der Waals surface area contributed by atoms with Gasteiger partial charge in [-0.15, -0.1) is 0 Å². The number of hydrogen-bond donors (Lipinski definition) is 0. The largest absolute Gasteiger partial charge is 0.340 e. The molecular weight excluding hydrogens is 245 g/mol. The minimum Gasteiger partial charge on any atom is -0.340 e. The third-order valence-corrected chi connectivity index (χ3v) is 3.41. The van der Waals surface area contributed by atoms with Crippen LogP contribution in [0, 0.1) is 17.1 Å². The quantitative estimate of drug-likeness (QED) is 0.807. The number of carbonyl (C=O) groups excluding carboxylic acids is 1. The van der Waals surface area contributed by atoms with Gasteiger partial charge in [-0.2, -0.15) is 5.26 Å². The van der Waals surface area contributed by atoms with E-state index in [0.717, 1.165) is 13.1 Å². The first-order valence-electron chi connectivity index (χ1n) is 6.27. The molecule has 4 nitrogen and oxygen atoms in total. The fraction of sp³-hybridized carbons (Fsp3) is 0.429. The third kappa shape index (κ3) is 3.09. The van der Waals surface area contributed by atoms with E-state index in [-0.39, 0.29) is 11.5 Å². The summed E-state index contributed by atoms with van der Waals surface area (Å²) >= 11 is 0. The smallest absolute Gasteiger partial charge is 0.219 e. The van der Waals surface area contributed by atoms with E-state index in [4.69, 9.17) is 5.26 Å². The molecule has 1 aromatic carbocycles.